The van der Waals surface area contributed by atoms with Gasteiger partial charge in [0.25, 0.3) is 6.33 Å². The maximum Gasteiger partial charge on any atom is 0.269 e. The molecule has 9 aromatic carbocycles. The summed E-state index contributed by atoms with van der Waals surface area (Å²) in [6.45, 7) is 16.2. The van der Waals surface area contributed by atoms with Crippen LogP contribution in [-0.4, -0.2) is 14.1 Å². The SMILES string of the molecule is CC(C)(C)c1ccnc(-n2c3ccccc3c3ccc(Oc4cccc(-n5[c-][n+](-c6c(-c7ccc8c(c7)C(C)(C)c7ccccc7-8)cccc6-c6ccc7c(c6)C(C)(C)c6ccccc6-7)c6ccccc65)c4)cc32)c1. The fourth-order valence-corrected chi connectivity index (χ4v) is 12.5. The fraction of sp³-hybridized carbons (Fsp3) is 0.143. The summed E-state index contributed by atoms with van der Waals surface area (Å²) in [7, 11) is 0. The largest absolute Gasteiger partial charge is 0.458 e. The predicted octanol–water partition coefficient (Wildman–Crippen LogP) is 17.2. The van der Waals surface area contributed by atoms with Crippen molar-refractivity contribution in [2.24, 2.45) is 0 Å². The Morgan fingerprint density at radius 2 is 1.03 bits per heavy atom. The second-order valence-electron chi connectivity index (χ2n) is 22.6. The molecule has 2 aliphatic rings. The van der Waals surface area contributed by atoms with E-state index in [9.17, 15) is 0 Å². The fourth-order valence-electron chi connectivity index (χ4n) is 12.5. The molecule has 3 heterocycles. The number of fused-ring (bicyclic) bond motifs is 10. The molecule has 2 aliphatic carbocycles. The summed E-state index contributed by atoms with van der Waals surface area (Å²) in [4.78, 5) is 4.92. The molecule has 0 N–H and O–H groups in total. The van der Waals surface area contributed by atoms with Gasteiger partial charge in [-0.15, -0.1) is 0 Å². The van der Waals surface area contributed by atoms with E-state index in [1.54, 1.807) is 0 Å². The maximum atomic E-state index is 6.86. The molecule has 3 aromatic heterocycles. The van der Waals surface area contributed by atoms with Crippen LogP contribution < -0.4 is 9.30 Å². The summed E-state index contributed by atoms with van der Waals surface area (Å²) in [6.07, 6.45) is 5.87. The van der Waals surface area contributed by atoms with Crippen LogP contribution in [0.2, 0.25) is 0 Å². The molecule has 75 heavy (non-hydrogen) atoms. The van der Waals surface area contributed by atoms with E-state index >= 15 is 0 Å². The maximum absolute atomic E-state index is 6.86. The van der Waals surface area contributed by atoms with E-state index in [0.717, 1.165) is 67.3 Å². The first-order valence-corrected chi connectivity index (χ1v) is 26.2. The lowest BCUT2D eigenvalue weighted by atomic mass is 9.81. The number of nitrogens with zero attached hydrogens (tertiary/aromatic N) is 4. The van der Waals surface area contributed by atoms with E-state index in [1.165, 1.54) is 66.6 Å². The highest BCUT2D eigenvalue weighted by Gasteiger charge is 2.37. The van der Waals surface area contributed by atoms with Crippen LogP contribution in [0.3, 0.4) is 0 Å². The summed E-state index contributed by atoms with van der Waals surface area (Å²) in [6, 6.07) is 75.1. The molecule has 0 saturated heterocycles. The third kappa shape index (κ3) is 6.91. The van der Waals surface area contributed by atoms with Crippen LogP contribution in [0.5, 0.6) is 11.5 Å². The predicted molar refractivity (Wildman–Crippen MR) is 307 cm³/mol. The van der Waals surface area contributed by atoms with Crippen molar-refractivity contribution in [2.45, 2.75) is 64.7 Å². The minimum atomic E-state index is -0.151. The first-order valence-electron chi connectivity index (χ1n) is 26.2. The van der Waals surface area contributed by atoms with Crippen LogP contribution in [0.1, 0.15) is 76.3 Å². The third-order valence-corrected chi connectivity index (χ3v) is 16.4. The Morgan fingerprint density at radius 3 is 1.71 bits per heavy atom. The Morgan fingerprint density at radius 1 is 0.467 bits per heavy atom. The first kappa shape index (κ1) is 44.9. The molecular weight excluding hydrogens is 913 g/mol. The van der Waals surface area contributed by atoms with Crippen LogP contribution >= 0.6 is 0 Å². The van der Waals surface area contributed by atoms with Crippen molar-refractivity contribution in [1.82, 2.24) is 14.1 Å². The third-order valence-electron chi connectivity index (χ3n) is 16.4. The standard InChI is InChI=1S/C70H56N4O/c1-68(2,3)46-36-37-71-66(40-46)74-62-27-13-10-22-56(62)57-35-32-49(42-65(57)74)75-48-19-16-18-47(41-48)72-43-73(64-29-15-14-28-63(64)72)67-50(44-30-33-54-52-20-8-11-25-58(52)69(4,5)60(54)38-44)23-17-24-51(67)45-31-34-55-53-21-9-12-26-59(53)70(6,7)61(55)39-45/h8-42H,1-7H3. The van der Waals surface area contributed by atoms with Gasteiger partial charge >= 0.3 is 0 Å². The van der Waals surface area contributed by atoms with Crippen molar-refractivity contribution in [2.75, 3.05) is 0 Å². The van der Waals surface area contributed by atoms with Gasteiger partial charge in [-0.25, -0.2) is 4.98 Å². The normalized spacial score (nSPS) is 14.0. The molecule has 0 atom stereocenters. The van der Waals surface area contributed by atoms with Gasteiger partial charge in [-0.3, -0.25) is 13.7 Å². The van der Waals surface area contributed by atoms with Crippen LogP contribution in [-0.2, 0) is 16.2 Å². The molecular formula is C70H56N4O. The van der Waals surface area contributed by atoms with Gasteiger partial charge in [-0.05, 0) is 126 Å². The highest BCUT2D eigenvalue weighted by atomic mass is 16.5. The van der Waals surface area contributed by atoms with Gasteiger partial charge in [0, 0.05) is 33.9 Å². The molecule has 0 bridgehead atoms. The number of para-hydroxylation sites is 4. The smallest absolute Gasteiger partial charge is 0.269 e. The molecule has 14 rings (SSSR count). The van der Waals surface area contributed by atoms with Crippen molar-refractivity contribution in [3.05, 3.63) is 247 Å². The first-order chi connectivity index (χ1) is 36.3. The number of hydrogen-bond acceptors (Lipinski definition) is 2. The van der Waals surface area contributed by atoms with E-state index in [0.29, 0.717) is 0 Å². The molecule has 12 aromatic rings. The second-order valence-corrected chi connectivity index (χ2v) is 22.6. The Hall–Kier alpha value is -8.80. The van der Waals surface area contributed by atoms with Gasteiger partial charge in [0.15, 0.2) is 0 Å². The summed E-state index contributed by atoms with van der Waals surface area (Å²) in [5.41, 5.74) is 22.4. The minimum absolute atomic E-state index is 0.0243. The number of benzene rings is 9. The van der Waals surface area contributed by atoms with Crippen LogP contribution in [0.4, 0.5) is 0 Å². The van der Waals surface area contributed by atoms with Gasteiger partial charge < -0.3 is 4.74 Å². The lowest BCUT2D eigenvalue weighted by Crippen LogP contribution is -2.31. The Bertz CT molecular complexity index is 4200. The topological polar surface area (TPSA) is 35.9 Å². The highest BCUT2D eigenvalue weighted by molar-refractivity contribution is 6.09. The van der Waals surface area contributed by atoms with E-state index in [1.807, 2.05) is 12.3 Å². The number of hydrogen-bond donors (Lipinski definition) is 0. The van der Waals surface area contributed by atoms with Gasteiger partial charge in [0.1, 0.15) is 17.3 Å². The molecule has 362 valence electrons. The zero-order valence-electron chi connectivity index (χ0n) is 43.4. The Kier molecular flexibility index (Phi) is 9.78. The van der Waals surface area contributed by atoms with Crippen molar-refractivity contribution in [3.63, 3.8) is 0 Å². The van der Waals surface area contributed by atoms with Crippen LogP contribution in [0, 0.1) is 6.33 Å². The molecule has 0 radical (unpaired) electrons. The van der Waals surface area contributed by atoms with Gasteiger partial charge in [0.2, 0.25) is 0 Å². The van der Waals surface area contributed by atoms with Crippen LogP contribution in [0.15, 0.2) is 212 Å². The Balaban J connectivity index is 0.913. The monoisotopic (exact) mass is 968 g/mol. The summed E-state index contributed by atoms with van der Waals surface area (Å²) < 4.78 is 13.6. The zero-order chi connectivity index (χ0) is 51.0. The highest BCUT2D eigenvalue weighted by Crippen LogP contribution is 2.52. The van der Waals surface area contributed by atoms with Crippen molar-refractivity contribution < 1.29 is 9.30 Å². The van der Waals surface area contributed by atoms with Gasteiger partial charge in [-0.1, -0.05) is 200 Å². The van der Waals surface area contributed by atoms with E-state index < -0.39 is 0 Å². The average Bonchev–Trinajstić information content (AvgIpc) is 4.12. The summed E-state index contributed by atoms with van der Waals surface area (Å²) >= 11 is 0. The Labute approximate surface area is 438 Å². The second kappa shape index (κ2) is 16.4. The van der Waals surface area contributed by atoms with Gasteiger partial charge in [-0.2, -0.15) is 0 Å². The minimum Gasteiger partial charge on any atom is -0.458 e. The lowest BCUT2D eigenvalue weighted by Gasteiger charge is -2.24. The number of rotatable bonds is 7. The molecule has 5 nitrogen and oxygen atoms in total. The van der Waals surface area contributed by atoms with E-state index in [4.69, 9.17) is 9.72 Å². The van der Waals surface area contributed by atoms with Crippen molar-refractivity contribution >= 4 is 32.8 Å². The molecule has 0 amide bonds. The molecule has 0 spiro atoms. The summed E-state index contributed by atoms with van der Waals surface area (Å²) in [5.74, 6) is 2.36. The number of pyridine rings is 1. The number of imidazole rings is 1. The molecule has 5 heteroatoms. The van der Waals surface area contributed by atoms with E-state index in [2.05, 4.69) is 269 Å². The van der Waals surface area contributed by atoms with E-state index in [-0.39, 0.29) is 16.2 Å². The van der Waals surface area contributed by atoms with Crippen molar-refractivity contribution in [1.29, 1.82) is 0 Å². The summed E-state index contributed by atoms with van der Waals surface area (Å²) in [5, 5.41) is 2.32. The number of ether oxygens (including phenoxy) is 1. The van der Waals surface area contributed by atoms with Gasteiger partial charge in [0.05, 0.1) is 33.4 Å². The molecule has 0 unspecified atom stereocenters. The molecule has 0 saturated carbocycles. The molecule has 0 fully saturated rings. The molecule has 0 aliphatic heterocycles. The van der Waals surface area contributed by atoms with Crippen molar-refractivity contribution in [3.8, 4) is 73.2 Å². The number of aromatic nitrogens is 4. The van der Waals surface area contributed by atoms with Crippen LogP contribution in [0.25, 0.3) is 94.5 Å². The average molecular weight is 969 g/mol. The lowest BCUT2D eigenvalue weighted by molar-refractivity contribution is -0.571. The zero-order valence-corrected chi connectivity index (χ0v) is 43.4. The quantitative estimate of drug-likeness (QED) is 0.118.